The average Bonchev–Trinajstić information content (AvgIpc) is 2.85. The number of hydrogen-bond donors (Lipinski definition) is 0. The van der Waals surface area contributed by atoms with Crippen molar-refractivity contribution in [3.8, 4) is 5.75 Å². The number of ether oxygens (including phenoxy) is 1. The van der Waals surface area contributed by atoms with E-state index in [2.05, 4.69) is 5.16 Å². The highest BCUT2D eigenvalue weighted by molar-refractivity contribution is 5.79. The molecule has 1 aromatic heterocycles. The van der Waals surface area contributed by atoms with Crippen molar-refractivity contribution >= 4 is 5.91 Å². The number of methoxy groups -OCH3 is 1. The van der Waals surface area contributed by atoms with Crippen LogP contribution < -0.4 is 4.74 Å². The van der Waals surface area contributed by atoms with Gasteiger partial charge in [0, 0.05) is 12.6 Å². The number of aryl methyl sites for hydroxylation is 2. The van der Waals surface area contributed by atoms with Crippen LogP contribution in [0.5, 0.6) is 5.75 Å². The minimum atomic E-state index is -0.0149. The molecule has 0 fully saturated rings. The molecule has 0 N–H and O–H groups in total. The molecule has 1 aromatic carbocycles. The third-order valence-corrected chi connectivity index (χ3v) is 4.08. The summed E-state index contributed by atoms with van der Waals surface area (Å²) in [5.74, 6) is 1.55. The lowest BCUT2D eigenvalue weighted by Gasteiger charge is -2.25. The average molecular weight is 302 g/mol. The first-order chi connectivity index (χ1) is 10.4. The topological polar surface area (TPSA) is 55.6 Å². The summed E-state index contributed by atoms with van der Waals surface area (Å²) in [6.07, 6.45) is 0.304. The summed E-state index contributed by atoms with van der Waals surface area (Å²) < 4.78 is 10.3. The van der Waals surface area contributed by atoms with Gasteiger partial charge < -0.3 is 14.2 Å². The predicted octanol–water partition coefficient (Wildman–Crippen LogP) is 3.06. The number of hydrogen-bond acceptors (Lipinski definition) is 4. The van der Waals surface area contributed by atoms with E-state index in [0.717, 1.165) is 22.6 Å². The third-order valence-electron chi connectivity index (χ3n) is 4.08. The number of carbonyl (C=O) groups is 1. The van der Waals surface area contributed by atoms with E-state index >= 15 is 0 Å². The Labute approximate surface area is 130 Å². The summed E-state index contributed by atoms with van der Waals surface area (Å²) >= 11 is 0. The summed E-state index contributed by atoms with van der Waals surface area (Å²) in [5, 5.41) is 3.89. The quantitative estimate of drug-likeness (QED) is 0.852. The van der Waals surface area contributed by atoms with Gasteiger partial charge in [0.25, 0.3) is 0 Å². The molecule has 1 heterocycles. The molecule has 22 heavy (non-hydrogen) atoms. The van der Waals surface area contributed by atoms with Crippen LogP contribution in [-0.4, -0.2) is 30.1 Å². The molecule has 2 aromatic rings. The minimum absolute atomic E-state index is 0.0149. The van der Waals surface area contributed by atoms with E-state index in [-0.39, 0.29) is 11.9 Å². The molecule has 5 heteroatoms. The van der Waals surface area contributed by atoms with Crippen LogP contribution in [0.3, 0.4) is 0 Å². The lowest BCUT2D eigenvalue weighted by molar-refractivity contribution is -0.131. The van der Waals surface area contributed by atoms with Gasteiger partial charge in [-0.2, -0.15) is 0 Å². The first-order valence-electron chi connectivity index (χ1n) is 7.25. The Morgan fingerprint density at radius 3 is 2.45 bits per heavy atom. The smallest absolute Gasteiger partial charge is 0.227 e. The fourth-order valence-corrected chi connectivity index (χ4v) is 2.35. The second-order valence-electron chi connectivity index (χ2n) is 5.43. The molecule has 5 nitrogen and oxygen atoms in total. The lowest BCUT2D eigenvalue weighted by atomic mass is 10.1. The van der Waals surface area contributed by atoms with Crippen LogP contribution in [0.25, 0.3) is 0 Å². The summed E-state index contributed by atoms with van der Waals surface area (Å²) in [7, 11) is 3.45. The van der Waals surface area contributed by atoms with E-state index in [4.69, 9.17) is 9.26 Å². The zero-order chi connectivity index (χ0) is 16.3. The molecular formula is C17H22N2O3. The van der Waals surface area contributed by atoms with E-state index in [1.165, 1.54) is 0 Å². The standard InChI is InChI=1S/C17H22N2O3/c1-11-16(13(3)22-18-11)10-17(20)19(4)12(2)14-6-8-15(21-5)9-7-14/h6-9,12H,10H2,1-5H3/t12-/m0/s1. The van der Waals surface area contributed by atoms with Crippen LogP contribution in [0.1, 0.15) is 35.5 Å². The highest BCUT2D eigenvalue weighted by Crippen LogP contribution is 2.23. The molecule has 0 bridgehead atoms. The van der Waals surface area contributed by atoms with Gasteiger partial charge in [0.2, 0.25) is 5.91 Å². The molecule has 0 aliphatic rings. The van der Waals surface area contributed by atoms with Crippen LogP contribution in [0, 0.1) is 13.8 Å². The van der Waals surface area contributed by atoms with Crippen molar-refractivity contribution in [3.63, 3.8) is 0 Å². The number of benzene rings is 1. The Hall–Kier alpha value is -2.30. The van der Waals surface area contributed by atoms with Gasteiger partial charge >= 0.3 is 0 Å². The molecule has 1 amide bonds. The molecule has 0 unspecified atom stereocenters. The molecule has 0 saturated carbocycles. The van der Waals surface area contributed by atoms with E-state index in [0.29, 0.717) is 12.2 Å². The van der Waals surface area contributed by atoms with Gasteiger partial charge in [-0.15, -0.1) is 0 Å². The van der Waals surface area contributed by atoms with Gasteiger partial charge in [0.05, 0.1) is 25.3 Å². The van der Waals surface area contributed by atoms with Crippen LogP contribution in [-0.2, 0) is 11.2 Å². The molecule has 118 valence electrons. The zero-order valence-electron chi connectivity index (χ0n) is 13.7. The van der Waals surface area contributed by atoms with Crippen LogP contribution in [0.15, 0.2) is 28.8 Å². The Morgan fingerprint density at radius 2 is 1.95 bits per heavy atom. The fraction of sp³-hybridized carbons (Fsp3) is 0.412. The van der Waals surface area contributed by atoms with Crippen molar-refractivity contribution in [3.05, 3.63) is 46.8 Å². The van der Waals surface area contributed by atoms with E-state index in [1.807, 2.05) is 52.1 Å². The molecular weight excluding hydrogens is 280 g/mol. The fourth-order valence-electron chi connectivity index (χ4n) is 2.35. The molecule has 2 rings (SSSR count). The van der Waals surface area contributed by atoms with E-state index < -0.39 is 0 Å². The largest absolute Gasteiger partial charge is 0.497 e. The number of nitrogens with zero attached hydrogens (tertiary/aromatic N) is 2. The maximum atomic E-state index is 12.5. The van der Waals surface area contributed by atoms with Gasteiger partial charge in [-0.3, -0.25) is 4.79 Å². The van der Waals surface area contributed by atoms with Crippen LogP contribution >= 0.6 is 0 Å². The van der Waals surface area contributed by atoms with Gasteiger partial charge in [-0.1, -0.05) is 17.3 Å². The molecule has 0 aliphatic carbocycles. The summed E-state index contributed by atoms with van der Waals surface area (Å²) in [6.45, 7) is 5.69. The van der Waals surface area contributed by atoms with Crippen LogP contribution in [0.2, 0.25) is 0 Å². The normalized spacial score (nSPS) is 12.0. The van der Waals surface area contributed by atoms with Gasteiger partial charge in [-0.05, 0) is 38.5 Å². The first kappa shape index (κ1) is 16.1. The monoisotopic (exact) mass is 302 g/mol. The summed E-state index contributed by atoms with van der Waals surface area (Å²) in [4.78, 5) is 14.2. The minimum Gasteiger partial charge on any atom is -0.497 e. The zero-order valence-corrected chi connectivity index (χ0v) is 13.7. The van der Waals surface area contributed by atoms with Gasteiger partial charge in [0.15, 0.2) is 0 Å². The maximum absolute atomic E-state index is 12.5. The molecule has 0 saturated heterocycles. The van der Waals surface area contributed by atoms with Crippen molar-refractivity contribution in [2.75, 3.05) is 14.2 Å². The number of rotatable bonds is 5. The molecule has 0 spiro atoms. The van der Waals surface area contributed by atoms with Crippen molar-refractivity contribution in [1.29, 1.82) is 0 Å². The maximum Gasteiger partial charge on any atom is 0.227 e. The second-order valence-corrected chi connectivity index (χ2v) is 5.43. The summed E-state index contributed by atoms with van der Waals surface area (Å²) in [5.41, 5.74) is 2.71. The van der Waals surface area contributed by atoms with Gasteiger partial charge in [-0.25, -0.2) is 0 Å². The Kier molecular flexibility index (Phi) is 4.85. The number of amides is 1. The summed E-state index contributed by atoms with van der Waals surface area (Å²) in [6, 6.07) is 7.74. The Morgan fingerprint density at radius 1 is 1.32 bits per heavy atom. The molecule has 0 aliphatic heterocycles. The van der Waals surface area contributed by atoms with Crippen molar-refractivity contribution in [1.82, 2.24) is 10.1 Å². The van der Waals surface area contributed by atoms with E-state index in [9.17, 15) is 4.79 Å². The number of carbonyl (C=O) groups excluding carboxylic acids is 1. The Bertz CT molecular complexity index is 627. The lowest BCUT2D eigenvalue weighted by Crippen LogP contribution is -2.31. The highest BCUT2D eigenvalue weighted by atomic mass is 16.5. The second kappa shape index (κ2) is 6.64. The van der Waals surface area contributed by atoms with Crippen molar-refractivity contribution in [2.45, 2.75) is 33.2 Å². The third kappa shape index (κ3) is 3.30. The first-order valence-corrected chi connectivity index (χ1v) is 7.25. The van der Waals surface area contributed by atoms with Gasteiger partial charge in [0.1, 0.15) is 11.5 Å². The predicted molar refractivity (Wildman–Crippen MR) is 83.9 cm³/mol. The van der Waals surface area contributed by atoms with Crippen molar-refractivity contribution in [2.24, 2.45) is 0 Å². The van der Waals surface area contributed by atoms with Crippen LogP contribution in [0.4, 0.5) is 0 Å². The number of likely N-dealkylation sites (N-methyl/N-ethyl adjacent to an activating group) is 1. The SMILES string of the molecule is COc1ccc([C@H](C)N(C)C(=O)Cc2c(C)noc2C)cc1. The highest BCUT2D eigenvalue weighted by Gasteiger charge is 2.20. The molecule has 1 atom stereocenters. The Balaban J connectivity index is 2.09. The molecule has 0 radical (unpaired) electrons. The van der Waals surface area contributed by atoms with Crippen molar-refractivity contribution < 1.29 is 14.1 Å². The van der Waals surface area contributed by atoms with E-state index in [1.54, 1.807) is 12.0 Å². The number of aromatic nitrogens is 1.